The van der Waals surface area contributed by atoms with Crippen LogP contribution in [0.2, 0.25) is 0 Å². The van der Waals surface area contributed by atoms with Crippen molar-refractivity contribution in [2.75, 3.05) is 19.0 Å². The van der Waals surface area contributed by atoms with E-state index < -0.39 is 0 Å². The Kier molecular flexibility index (Phi) is 5.14. The van der Waals surface area contributed by atoms with E-state index in [2.05, 4.69) is 5.32 Å². The van der Waals surface area contributed by atoms with Gasteiger partial charge in [-0.3, -0.25) is 9.59 Å². The summed E-state index contributed by atoms with van der Waals surface area (Å²) in [4.78, 5) is 25.2. The highest BCUT2D eigenvalue weighted by atomic mass is 16.5. The molecule has 0 aliphatic rings. The number of rotatable bonds is 5. The van der Waals surface area contributed by atoms with Crippen molar-refractivity contribution in [3.8, 4) is 11.5 Å². The molecule has 4 rings (SSSR count). The normalized spacial score (nSPS) is 10.9. The second-order valence-electron chi connectivity index (χ2n) is 7.01. The van der Waals surface area contributed by atoms with Crippen LogP contribution in [0.4, 0.5) is 5.69 Å². The van der Waals surface area contributed by atoms with E-state index in [9.17, 15) is 9.59 Å². The number of hydrogen-bond donors (Lipinski definition) is 1. The van der Waals surface area contributed by atoms with Crippen molar-refractivity contribution in [1.82, 2.24) is 0 Å². The van der Waals surface area contributed by atoms with Gasteiger partial charge in [-0.2, -0.15) is 0 Å². The Morgan fingerprint density at radius 3 is 2.50 bits per heavy atom. The predicted octanol–water partition coefficient (Wildman–Crippen LogP) is 4.59. The van der Waals surface area contributed by atoms with Gasteiger partial charge in [-0.25, -0.2) is 0 Å². The molecule has 30 heavy (non-hydrogen) atoms. The number of carbonyl (C=O) groups is 1. The number of carbonyl (C=O) groups excluding carboxylic acids is 1. The van der Waals surface area contributed by atoms with Crippen LogP contribution in [0, 0.1) is 13.8 Å². The highest BCUT2D eigenvalue weighted by Gasteiger charge is 2.13. The van der Waals surface area contributed by atoms with Gasteiger partial charge in [0.05, 0.1) is 17.9 Å². The number of amides is 1. The van der Waals surface area contributed by atoms with E-state index in [0.717, 1.165) is 11.1 Å². The molecule has 0 atom stereocenters. The summed E-state index contributed by atoms with van der Waals surface area (Å²) < 4.78 is 16.8. The fraction of sp³-hybridized carbons (Fsp3) is 0.167. The molecule has 0 aliphatic heterocycles. The second-order valence-corrected chi connectivity index (χ2v) is 7.01. The zero-order chi connectivity index (χ0) is 21.3. The van der Waals surface area contributed by atoms with E-state index in [0.29, 0.717) is 39.1 Å². The van der Waals surface area contributed by atoms with Crippen LogP contribution in [-0.2, 0) is 4.79 Å². The molecule has 6 nitrogen and oxygen atoms in total. The molecule has 0 saturated heterocycles. The van der Waals surface area contributed by atoms with Crippen LogP contribution in [0.3, 0.4) is 0 Å². The van der Waals surface area contributed by atoms with Crippen molar-refractivity contribution >= 4 is 33.5 Å². The van der Waals surface area contributed by atoms with Gasteiger partial charge < -0.3 is 19.2 Å². The standard InChI is InChI=1S/C24H21NO5/c1-14-8-10-18-23(27)17-11-9-16(12-21(17)30-24(18)15(14)2)25-22(26)13-29-20-7-5-4-6-19(20)28-3/h4-12H,13H2,1-3H3,(H,25,26). The monoisotopic (exact) mass is 403 g/mol. The van der Waals surface area contributed by atoms with Crippen LogP contribution in [0.1, 0.15) is 11.1 Å². The van der Waals surface area contributed by atoms with Crippen molar-refractivity contribution in [1.29, 1.82) is 0 Å². The lowest BCUT2D eigenvalue weighted by Gasteiger charge is -2.11. The summed E-state index contributed by atoms with van der Waals surface area (Å²) in [5.41, 5.74) is 3.38. The smallest absolute Gasteiger partial charge is 0.262 e. The average Bonchev–Trinajstić information content (AvgIpc) is 2.75. The maximum absolute atomic E-state index is 12.8. The maximum Gasteiger partial charge on any atom is 0.262 e. The third kappa shape index (κ3) is 3.59. The molecule has 3 aromatic carbocycles. The third-order valence-electron chi connectivity index (χ3n) is 5.07. The molecule has 0 radical (unpaired) electrons. The molecule has 4 aromatic rings. The van der Waals surface area contributed by atoms with Gasteiger partial charge >= 0.3 is 0 Å². The summed E-state index contributed by atoms with van der Waals surface area (Å²) in [6, 6.07) is 15.8. The van der Waals surface area contributed by atoms with Crippen LogP contribution in [0.25, 0.3) is 21.9 Å². The summed E-state index contributed by atoms with van der Waals surface area (Å²) in [5.74, 6) is 0.697. The van der Waals surface area contributed by atoms with Gasteiger partial charge in [-0.1, -0.05) is 18.2 Å². The molecule has 0 aliphatic carbocycles. The molecule has 1 aromatic heterocycles. The predicted molar refractivity (Wildman–Crippen MR) is 117 cm³/mol. The van der Waals surface area contributed by atoms with Gasteiger partial charge in [-0.05, 0) is 55.3 Å². The Balaban J connectivity index is 1.59. The molecule has 0 saturated carbocycles. The first kappa shape index (κ1) is 19.5. The summed E-state index contributed by atoms with van der Waals surface area (Å²) in [6.45, 7) is 3.71. The maximum atomic E-state index is 12.8. The topological polar surface area (TPSA) is 77.8 Å². The van der Waals surface area contributed by atoms with Crippen molar-refractivity contribution in [2.45, 2.75) is 13.8 Å². The minimum absolute atomic E-state index is 0.0910. The van der Waals surface area contributed by atoms with E-state index >= 15 is 0 Å². The number of hydrogen-bond acceptors (Lipinski definition) is 5. The fourth-order valence-electron chi connectivity index (χ4n) is 3.31. The Bertz CT molecular complexity index is 1320. The Morgan fingerprint density at radius 2 is 1.73 bits per heavy atom. The molecule has 0 unspecified atom stereocenters. The largest absolute Gasteiger partial charge is 0.493 e. The van der Waals surface area contributed by atoms with E-state index in [1.54, 1.807) is 42.5 Å². The first-order valence-electron chi connectivity index (χ1n) is 9.50. The van der Waals surface area contributed by atoms with Crippen LogP contribution in [-0.4, -0.2) is 19.6 Å². The number of fused-ring (bicyclic) bond motifs is 2. The number of benzene rings is 3. The lowest BCUT2D eigenvalue weighted by Crippen LogP contribution is -2.20. The highest BCUT2D eigenvalue weighted by Crippen LogP contribution is 2.27. The second kappa shape index (κ2) is 7.91. The average molecular weight is 403 g/mol. The molecule has 1 N–H and O–H groups in total. The summed E-state index contributed by atoms with van der Waals surface area (Å²) in [7, 11) is 1.54. The summed E-state index contributed by atoms with van der Waals surface area (Å²) >= 11 is 0. The highest BCUT2D eigenvalue weighted by molar-refractivity contribution is 5.96. The minimum Gasteiger partial charge on any atom is -0.493 e. The molecule has 152 valence electrons. The van der Waals surface area contributed by atoms with Gasteiger partial charge in [-0.15, -0.1) is 0 Å². The zero-order valence-electron chi connectivity index (χ0n) is 16.9. The Hall–Kier alpha value is -3.80. The van der Waals surface area contributed by atoms with Crippen LogP contribution < -0.4 is 20.2 Å². The van der Waals surface area contributed by atoms with Gasteiger partial charge in [0.1, 0.15) is 11.2 Å². The first-order chi connectivity index (χ1) is 14.5. The molecule has 1 heterocycles. The molecule has 1 amide bonds. The minimum atomic E-state index is -0.338. The van der Waals surface area contributed by atoms with Crippen molar-refractivity contribution in [3.05, 3.63) is 75.9 Å². The van der Waals surface area contributed by atoms with E-state index in [-0.39, 0.29) is 17.9 Å². The third-order valence-corrected chi connectivity index (χ3v) is 5.07. The van der Waals surface area contributed by atoms with Gasteiger partial charge in [0.25, 0.3) is 5.91 Å². The van der Waals surface area contributed by atoms with E-state index in [1.165, 1.54) is 7.11 Å². The number of aryl methyl sites for hydroxylation is 2. The molecule has 6 heteroatoms. The van der Waals surface area contributed by atoms with Crippen molar-refractivity contribution in [3.63, 3.8) is 0 Å². The molecular weight excluding hydrogens is 382 g/mol. The number of ether oxygens (including phenoxy) is 2. The quantitative estimate of drug-likeness (QED) is 0.493. The lowest BCUT2D eigenvalue weighted by molar-refractivity contribution is -0.118. The molecule has 0 bridgehead atoms. The first-order valence-corrected chi connectivity index (χ1v) is 9.50. The SMILES string of the molecule is COc1ccccc1OCC(=O)Nc1ccc2c(=O)c3ccc(C)c(C)c3oc2c1. The van der Waals surface area contributed by atoms with E-state index in [1.807, 2.05) is 26.0 Å². The van der Waals surface area contributed by atoms with Crippen molar-refractivity contribution < 1.29 is 18.7 Å². The summed E-state index contributed by atoms with van der Waals surface area (Å²) in [5, 5.41) is 3.78. The number of anilines is 1. The zero-order valence-corrected chi connectivity index (χ0v) is 16.9. The molecule has 0 spiro atoms. The van der Waals surface area contributed by atoms with Crippen LogP contribution >= 0.6 is 0 Å². The number of methoxy groups -OCH3 is 1. The van der Waals surface area contributed by atoms with Gasteiger partial charge in [0.2, 0.25) is 5.43 Å². The Morgan fingerprint density at radius 1 is 1.00 bits per heavy atom. The number of nitrogens with one attached hydrogen (secondary N) is 1. The number of para-hydroxylation sites is 2. The van der Waals surface area contributed by atoms with Crippen molar-refractivity contribution in [2.24, 2.45) is 0 Å². The molecule has 0 fully saturated rings. The fourth-order valence-corrected chi connectivity index (χ4v) is 3.31. The lowest BCUT2D eigenvalue weighted by atomic mass is 10.0. The summed E-state index contributed by atoms with van der Waals surface area (Å²) in [6.07, 6.45) is 0. The van der Waals surface area contributed by atoms with Gasteiger partial charge in [0.15, 0.2) is 18.1 Å². The Labute approximate surface area is 173 Å². The van der Waals surface area contributed by atoms with E-state index in [4.69, 9.17) is 13.9 Å². The van der Waals surface area contributed by atoms with Crippen LogP contribution in [0.15, 0.2) is 63.8 Å². The van der Waals surface area contributed by atoms with Gasteiger partial charge in [0, 0.05) is 11.8 Å². The van der Waals surface area contributed by atoms with Crippen LogP contribution in [0.5, 0.6) is 11.5 Å². The molecular formula is C24H21NO5.